The van der Waals surface area contributed by atoms with Crippen molar-refractivity contribution in [1.29, 1.82) is 5.26 Å². The minimum Gasteiger partial charge on any atom is -0.512 e. The molecule has 1 nitrogen and oxygen atoms in total. The van der Waals surface area contributed by atoms with E-state index in [1.807, 2.05) is 0 Å². The second-order valence-corrected chi connectivity index (χ2v) is 4.59. The Hall–Kier alpha value is -1.64. The summed E-state index contributed by atoms with van der Waals surface area (Å²) in [5.41, 5.74) is 0. The second kappa shape index (κ2) is 6.76. The fraction of sp³-hybridized carbons (Fsp3) is 0. The lowest BCUT2D eigenvalue weighted by Gasteiger charge is -1.92. The van der Waals surface area contributed by atoms with E-state index >= 15 is 0 Å². The van der Waals surface area contributed by atoms with E-state index < -0.39 is 0 Å². The first kappa shape index (κ1) is 11.4. The summed E-state index contributed by atoms with van der Waals surface area (Å²) in [5.74, 6) is 0. The van der Waals surface area contributed by atoms with Crippen molar-refractivity contribution in [2.45, 2.75) is 0 Å². The van der Waals surface area contributed by atoms with Crippen molar-refractivity contribution in [2.75, 3.05) is 0 Å². The minimum atomic E-state index is 0.271. The first-order valence-corrected chi connectivity index (χ1v) is 5.78. The summed E-state index contributed by atoms with van der Waals surface area (Å²) >= 11 is 0. The molecular weight excluding hydrogens is 201 g/mol. The monoisotopic (exact) mass is 213 g/mol. The molecule has 0 saturated carbocycles. The molecule has 0 aliphatic rings. The highest BCUT2D eigenvalue weighted by molar-refractivity contribution is 7.55. The Morgan fingerprint density at radius 3 is 1.33 bits per heavy atom. The maximum atomic E-state index is 6.25. The second-order valence-electron chi connectivity index (χ2n) is 2.97. The molecule has 0 amide bonds. The number of nitrogens with zero attached hydrogens (tertiary/aromatic N) is 1. The van der Waals surface area contributed by atoms with Gasteiger partial charge in [-0.3, -0.25) is 0 Å². The zero-order valence-electron chi connectivity index (χ0n) is 8.30. The van der Waals surface area contributed by atoms with Gasteiger partial charge >= 0.3 is 0 Å². The summed E-state index contributed by atoms with van der Waals surface area (Å²) in [6.07, 6.45) is 0. The van der Waals surface area contributed by atoms with E-state index in [4.69, 9.17) is 11.8 Å². The molecule has 0 unspecified atom stereocenters. The molecule has 0 aliphatic heterocycles. The average Bonchev–Trinajstić information content (AvgIpc) is 2.34. The summed E-state index contributed by atoms with van der Waals surface area (Å²) in [4.78, 5) is 0. The van der Waals surface area contributed by atoms with E-state index in [1.165, 1.54) is 10.6 Å². The number of hydrogen-bond acceptors (Lipinski definition) is 1. The van der Waals surface area contributed by atoms with E-state index in [-0.39, 0.29) is 8.58 Å². The van der Waals surface area contributed by atoms with Gasteiger partial charge in [0.15, 0.2) is 0 Å². The van der Waals surface area contributed by atoms with Gasteiger partial charge in [-0.1, -0.05) is 36.4 Å². The average molecular weight is 213 g/mol. The van der Waals surface area contributed by atoms with Crippen molar-refractivity contribution in [1.82, 2.24) is 0 Å². The third kappa shape index (κ3) is 3.94. The lowest BCUT2D eigenvalue weighted by molar-refractivity contribution is 1.53. The Morgan fingerprint density at radius 2 is 1.00 bits per heavy atom. The first-order valence-electron chi connectivity index (χ1n) is 4.62. The molecule has 0 radical (unpaired) electrons. The Bertz CT molecular complexity index is 357. The zero-order chi connectivity index (χ0) is 10.9. The number of hydrogen-bond donors (Lipinski definition) is 0. The maximum Gasteiger partial charge on any atom is 0.0942 e. The van der Waals surface area contributed by atoms with Crippen molar-refractivity contribution in [3.8, 4) is 0 Å². The van der Waals surface area contributed by atoms with Gasteiger partial charge in [0.25, 0.3) is 0 Å². The molecule has 0 atom stereocenters. The predicted molar refractivity (Wildman–Crippen MR) is 66.8 cm³/mol. The summed E-state index contributed by atoms with van der Waals surface area (Å²) in [6.45, 7) is 4.75. The van der Waals surface area contributed by atoms with Crippen LogP contribution >= 0.6 is 8.58 Å². The molecule has 0 heterocycles. The van der Waals surface area contributed by atoms with Crippen LogP contribution < -0.4 is 10.6 Å². The van der Waals surface area contributed by atoms with Crippen LogP contribution in [0.2, 0.25) is 0 Å². The third-order valence-electron chi connectivity index (χ3n) is 1.93. The molecule has 2 heteroatoms. The molecule has 0 N–H and O–H groups in total. The minimum absolute atomic E-state index is 0.271. The fourth-order valence-electron chi connectivity index (χ4n) is 1.29. The number of rotatable bonds is 2. The van der Waals surface area contributed by atoms with E-state index in [1.54, 1.807) is 0 Å². The van der Waals surface area contributed by atoms with Gasteiger partial charge in [-0.15, -0.1) is 0 Å². The normalized spacial score (nSPS) is 8.67. The van der Waals surface area contributed by atoms with Gasteiger partial charge in [0.1, 0.15) is 0 Å². The van der Waals surface area contributed by atoms with Crippen LogP contribution in [0.4, 0.5) is 0 Å². The van der Waals surface area contributed by atoms with Crippen molar-refractivity contribution in [3.63, 3.8) is 0 Å². The largest absolute Gasteiger partial charge is 0.512 e. The van der Waals surface area contributed by atoms with E-state index in [9.17, 15) is 0 Å². The summed E-state index contributed by atoms with van der Waals surface area (Å²) in [6, 6.07) is 21.3. The summed E-state index contributed by atoms with van der Waals surface area (Å²) < 4.78 is 0. The van der Waals surface area contributed by atoms with Gasteiger partial charge in [0.2, 0.25) is 0 Å². The van der Waals surface area contributed by atoms with Crippen LogP contribution in [0.1, 0.15) is 0 Å². The number of benzene rings is 2. The van der Waals surface area contributed by atoms with Gasteiger partial charge in [0, 0.05) is 0 Å². The Kier molecular flexibility index (Phi) is 5.15. The van der Waals surface area contributed by atoms with Crippen molar-refractivity contribution < 1.29 is 0 Å². The van der Waals surface area contributed by atoms with Crippen molar-refractivity contribution in [2.24, 2.45) is 0 Å². The lowest BCUT2D eigenvalue weighted by atomic mass is 10.4. The zero-order valence-corrected chi connectivity index (χ0v) is 9.45. The van der Waals surface area contributed by atoms with Gasteiger partial charge in [-0.25, -0.2) is 0 Å². The molecule has 0 saturated heterocycles. The third-order valence-corrected chi connectivity index (χ3v) is 3.37. The standard InChI is InChI=1S/C12H11P.CN/c1-3-7-11(8-4-1)13-12-9-5-2-6-10-12;1-2/h1-10,13H;/q;-1/p+1. The van der Waals surface area contributed by atoms with Gasteiger partial charge < -0.3 is 11.8 Å². The highest BCUT2D eigenvalue weighted by Crippen LogP contribution is 2.08. The highest BCUT2D eigenvalue weighted by Gasteiger charge is 2.00. The highest BCUT2D eigenvalue weighted by atomic mass is 31.1. The van der Waals surface area contributed by atoms with E-state index in [2.05, 4.69) is 60.7 Å². The van der Waals surface area contributed by atoms with Gasteiger partial charge in [0.05, 0.1) is 19.2 Å². The van der Waals surface area contributed by atoms with Crippen LogP contribution in [0, 0.1) is 11.8 Å². The molecule has 0 aromatic heterocycles. The van der Waals surface area contributed by atoms with Gasteiger partial charge in [-0.2, -0.15) is 0 Å². The summed E-state index contributed by atoms with van der Waals surface area (Å²) in [7, 11) is 0.271. The quantitative estimate of drug-likeness (QED) is 0.554. The van der Waals surface area contributed by atoms with Crippen molar-refractivity contribution >= 4 is 19.2 Å². The lowest BCUT2D eigenvalue weighted by Crippen LogP contribution is -2.01. The van der Waals surface area contributed by atoms with Crippen molar-refractivity contribution in [3.05, 3.63) is 67.2 Å². The summed E-state index contributed by atoms with van der Waals surface area (Å²) in [5, 5.41) is 9.16. The molecule has 2 rings (SSSR count). The molecular formula is C13H12NP. The maximum absolute atomic E-state index is 6.25. The molecule has 0 aliphatic carbocycles. The SMILES string of the molecule is [C-]#N.c1ccc([PH2+]c2ccccc2)cc1. The van der Waals surface area contributed by atoms with Crippen LogP contribution in [0.15, 0.2) is 60.7 Å². The Morgan fingerprint density at radius 1 is 0.667 bits per heavy atom. The Balaban J connectivity index is 0.000000531. The molecule has 15 heavy (non-hydrogen) atoms. The molecule has 0 spiro atoms. The van der Waals surface area contributed by atoms with E-state index in [0.717, 1.165) is 0 Å². The first-order chi connectivity index (χ1) is 7.45. The molecule has 74 valence electrons. The topological polar surface area (TPSA) is 23.8 Å². The van der Waals surface area contributed by atoms with E-state index in [0.29, 0.717) is 0 Å². The molecule has 2 aromatic rings. The fourth-order valence-corrected chi connectivity index (χ4v) is 2.51. The van der Waals surface area contributed by atoms with Crippen LogP contribution in [-0.2, 0) is 0 Å². The Labute approximate surface area is 92.2 Å². The molecule has 0 bridgehead atoms. The van der Waals surface area contributed by atoms with Crippen LogP contribution in [0.3, 0.4) is 0 Å². The smallest absolute Gasteiger partial charge is 0.0942 e. The molecule has 2 aromatic carbocycles. The predicted octanol–water partition coefficient (Wildman–Crippen LogP) is 2.14. The van der Waals surface area contributed by atoms with Crippen LogP contribution in [-0.4, -0.2) is 0 Å². The van der Waals surface area contributed by atoms with Crippen LogP contribution in [0.5, 0.6) is 0 Å². The van der Waals surface area contributed by atoms with Crippen LogP contribution in [0.25, 0.3) is 0 Å². The van der Waals surface area contributed by atoms with Gasteiger partial charge in [-0.05, 0) is 24.3 Å². The molecule has 0 fully saturated rings.